The van der Waals surface area contributed by atoms with Crippen LogP contribution in [0.1, 0.15) is 54.9 Å². The van der Waals surface area contributed by atoms with Crippen LogP contribution in [0.5, 0.6) is 11.6 Å². The van der Waals surface area contributed by atoms with Gasteiger partial charge in [0.25, 0.3) is 0 Å². The van der Waals surface area contributed by atoms with E-state index in [0.717, 1.165) is 5.56 Å². The molecule has 0 saturated carbocycles. The number of aryl methyl sites for hydroxylation is 2. The van der Waals surface area contributed by atoms with Crippen LogP contribution in [-0.2, 0) is 23.1 Å². The molecule has 1 saturated heterocycles. The molecule has 4 aromatic rings. The molecule has 2 aliphatic rings. The van der Waals surface area contributed by atoms with Crippen molar-refractivity contribution in [3.63, 3.8) is 0 Å². The Morgan fingerprint density at radius 1 is 1.15 bits per heavy atom. The van der Waals surface area contributed by atoms with Crippen LogP contribution in [0, 0.1) is 12.3 Å². The second-order valence-corrected chi connectivity index (χ2v) is 14.6. The van der Waals surface area contributed by atoms with Crippen LogP contribution in [-0.4, -0.2) is 76.4 Å². The van der Waals surface area contributed by atoms with Gasteiger partial charge >= 0.3 is 12.6 Å². The summed E-state index contributed by atoms with van der Waals surface area (Å²) >= 11 is 0. The van der Waals surface area contributed by atoms with Gasteiger partial charge in [-0.3, -0.25) is 13.9 Å². The lowest BCUT2D eigenvalue weighted by atomic mass is 9.70. The van der Waals surface area contributed by atoms with Gasteiger partial charge < -0.3 is 19.3 Å². The predicted molar refractivity (Wildman–Crippen MR) is 169 cm³/mol. The summed E-state index contributed by atoms with van der Waals surface area (Å²) in [5, 5.41) is 18.5. The highest BCUT2D eigenvalue weighted by atomic mass is 32.3. The molecule has 0 aliphatic carbocycles. The van der Waals surface area contributed by atoms with Crippen molar-refractivity contribution < 1.29 is 42.0 Å². The van der Waals surface area contributed by atoms with Crippen LogP contribution in [0.2, 0.25) is 0 Å². The van der Waals surface area contributed by atoms with E-state index in [1.54, 1.807) is 55.7 Å². The van der Waals surface area contributed by atoms with E-state index in [-0.39, 0.29) is 40.6 Å². The van der Waals surface area contributed by atoms with Crippen LogP contribution < -0.4 is 9.47 Å². The Morgan fingerprint density at radius 3 is 2.60 bits per heavy atom. The number of benzene rings is 2. The molecule has 2 aliphatic heterocycles. The summed E-state index contributed by atoms with van der Waals surface area (Å²) < 4.78 is 70.3. The summed E-state index contributed by atoms with van der Waals surface area (Å²) in [6.07, 6.45) is 2.60. The van der Waals surface area contributed by atoms with E-state index in [1.807, 2.05) is 19.1 Å². The quantitative estimate of drug-likeness (QED) is 0.202. The summed E-state index contributed by atoms with van der Waals surface area (Å²) in [7, 11) is -2.02. The summed E-state index contributed by atoms with van der Waals surface area (Å²) in [6.45, 7) is 3.05. The monoisotopic (exact) mass is 673 g/mol. The third-order valence-corrected chi connectivity index (χ3v) is 11.0. The van der Waals surface area contributed by atoms with Crippen molar-refractivity contribution in [3.8, 4) is 11.6 Å². The zero-order valence-corrected chi connectivity index (χ0v) is 27.2. The molecule has 3 N–H and O–H groups in total. The second kappa shape index (κ2) is 12.3. The maximum Gasteiger partial charge on any atom is 0.387 e. The highest BCUT2D eigenvalue weighted by Gasteiger charge is 2.46. The molecule has 1 fully saturated rings. The molecule has 0 bridgehead atoms. The molecule has 2 aromatic carbocycles. The molecule has 2 aromatic heterocycles. The molecular formula is C32H37F2N5O7S. The standard InChI is InChI=1S/C32H37F2N5O7S/c1-19-7-8-20(26(31(2,3)29(40)41)21-15-23-27(38(4)37-36-23)24(16-21)45-30(33)34)14-22(19)17-39-18-32(9-12-44-13-10-32)46-28-25(47(39,42)43)6-5-11-35-28/h5-8,11,14-16,26,30,42-43H,9-10,12-13,17-18H2,1-4H3,(H,40,41)/t26-/m0/s1. The minimum atomic E-state index is -3.57. The van der Waals surface area contributed by atoms with Gasteiger partial charge in [-0.25, -0.2) is 9.67 Å². The average molecular weight is 674 g/mol. The van der Waals surface area contributed by atoms with E-state index in [4.69, 9.17) is 14.2 Å². The number of hydrogen-bond donors (Lipinski definition) is 3. The minimum Gasteiger partial charge on any atom is -0.481 e. The molecule has 0 amide bonds. The first-order valence-corrected chi connectivity index (χ1v) is 16.6. The molecular weight excluding hydrogens is 636 g/mol. The number of halogens is 2. The van der Waals surface area contributed by atoms with Gasteiger partial charge in [0.05, 0.1) is 25.2 Å². The van der Waals surface area contributed by atoms with E-state index in [2.05, 4.69) is 15.3 Å². The number of carboxylic acid groups (broad SMARTS) is 1. The number of alkyl halides is 2. The summed E-state index contributed by atoms with van der Waals surface area (Å²) in [4.78, 5) is 17.3. The van der Waals surface area contributed by atoms with E-state index in [1.165, 1.54) is 10.7 Å². The van der Waals surface area contributed by atoms with E-state index in [9.17, 15) is 27.8 Å². The Bertz CT molecular complexity index is 1810. The lowest BCUT2D eigenvalue weighted by Crippen LogP contribution is -2.49. The van der Waals surface area contributed by atoms with Gasteiger partial charge in [-0.15, -0.1) is 15.9 Å². The number of hydrogen-bond acceptors (Lipinski definition) is 10. The van der Waals surface area contributed by atoms with Gasteiger partial charge in [0.1, 0.15) is 21.5 Å². The molecule has 252 valence electrons. The zero-order valence-electron chi connectivity index (χ0n) is 26.4. The first kappa shape index (κ1) is 33.0. The molecule has 12 nitrogen and oxygen atoms in total. The van der Waals surface area contributed by atoms with E-state index >= 15 is 0 Å². The topological polar surface area (TPSA) is 152 Å². The molecule has 1 spiro atoms. The summed E-state index contributed by atoms with van der Waals surface area (Å²) in [6, 6.07) is 11.7. The number of carbonyl (C=O) groups is 1. The van der Waals surface area contributed by atoms with Gasteiger partial charge in [0.2, 0.25) is 5.88 Å². The van der Waals surface area contributed by atoms with Crippen LogP contribution in [0.15, 0.2) is 53.6 Å². The molecule has 6 rings (SSSR count). The lowest BCUT2D eigenvalue weighted by Gasteiger charge is -2.44. The summed E-state index contributed by atoms with van der Waals surface area (Å²) in [5.41, 5.74) is 0.837. The molecule has 1 atom stereocenters. The third kappa shape index (κ3) is 6.13. The smallest absolute Gasteiger partial charge is 0.387 e. The molecule has 0 unspecified atom stereocenters. The minimum absolute atomic E-state index is 0.0888. The van der Waals surface area contributed by atoms with Crippen LogP contribution in [0.25, 0.3) is 11.0 Å². The Hall–Kier alpha value is -3.89. The predicted octanol–water partition coefficient (Wildman–Crippen LogP) is 5.98. The van der Waals surface area contributed by atoms with Crippen molar-refractivity contribution >= 4 is 27.8 Å². The first-order valence-electron chi connectivity index (χ1n) is 15.1. The van der Waals surface area contributed by atoms with Gasteiger partial charge in [-0.1, -0.05) is 23.4 Å². The number of fused-ring (bicyclic) bond motifs is 2. The fraction of sp³-hybridized carbons (Fsp3) is 0.438. The number of rotatable bonds is 8. The maximum atomic E-state index is 13.5. The van der Waals surface area contributed by atoms with Crippen molar-refractivity contribution in [1.82, 2.24) is 24.3 Å². The maximum absolute atomic E-state index is 13.5. The molecule has 15 heteroatoms. The first-order chi connectivity index (χ1) is 22.2. The number of aliphatic carboxylic acids is 1. The number of ether oxygens (including phenoxy) is 3. The Morgan fingerprint density at radius 2 is 1.89 bits per heavy atom. The average Bonchev–Trinajstić information content (AvgIpc) is 3.35. The van der Waals surface area contributed by atoms with Crippen molar-refractivity contribution in [2.24, 2.45) is 12.5 Å². The molecule has 4 heterocycles. The normalized spacial score (nSPS) is 19.2. The SMILES string of the molecule is Cc1ccc([C@@H](c2cc(OC(F)F)c3c(c2)nnn3C)C(C)(C)C(=O)O)cc1CN1CC2(CCOCC2)Oc2ncccc2S1(O)O. The fourth-order valence-electron chi connectivity index (χ4n) is 6.51. The Kier molecular flexibility index (Phi) is 8.63. The van der Waals surface area contributed by atoms with Crippen molar-refractivity contribution in [1.29, 1.82) is 0 Å². The number of carboxylic acids is 1. The van der Waals surface area contributed by atoms with E-state index < -0.39 is 40.3 Å². The second-order valence-electron chi connectivity index (χ2n) is 12.6. The van der Waals surface area contributed by atoms with Gasteiger partial charge in [-0.2, -0.15) is 13.1 Å². The van der Waals surface area contributed by atoms with Crippen LogP contribution in [0.4, 0.5) is 8.78 Å². The highest BCUT2D eigenvalue weighted by molar-refractivity contribution is 8.22. The highest BCUT2D eigenvalue weighted by Crippen LogP contribution is 2.59. The molecule has 0 radical (unpaired) electrons. The number of nitrogens with zero attached hydrogens (tertiary/aromatic N) is 5. The van der Waals surface area contributed by atoms with Crippen molar-refractivity contribution in [2.75, 3.05) is 19.8 Å². The molecule has 47 heavy (non-hydrogen) atoms. The largest absolute Gasteiger partial charge is 0.481 e. The van der Waals surface area contributed by atoms with Crippen molar-refractivity contribution in [3.05, 3.63) is 70.9 Å². The van der Waals surface area contributed by atoms with Crippen LogP contribution in [0.3, 0.4) is 0 Å². The summed E-state index contributed by atoms with van der Waals surface area (Å²) in [5.74, 6) is -1.96. The number of aromatic nitrogens is 4. The Labute approximate surface area is 271 Å². The third-order valence-electron chi connectivity index (χ3n) is 9.14. The van der Waals surface area contributed by atoms with Crippen molar-refractivity contribution in [2.45, 2.75) is 63.2 Å². The van der Waals surface area contributed by atoms with E-state index in [0.29, 0.717) is 42.7 Å². The van der Waals surface area contributed by atoms with Crippen LogP contribution >= 0.6 is 10.8 Å². The Balaban J connectivity index is 1.46. The van der Waals surface area contributed by atoms with Gasteiger partial charge in [-0.05, 0) is 67.3 Å². The van der Waals surface area contributed by atoms with Gasteiger partial charge in [0.15, 0.2) is 5.75 Å². The lowest BCUT2D eigenvalue weighted by molar-refractivity contribution is -0.147. The fourth-order valence-corrected chi connectivity index (χ4v) is 8.11. The van der Waals surface area contributed by atoms with Gasteiger partial charge in [0, 0.05) is 38.5 Å². The zero-order chi connectivity index (χ0) is 33.7. The number of pyridine rings is 1.